The quantitative estimate of drug-likeness (QED) is 0.939. The Bertz CT molecular complexity index is 701. The molecule has 0 aliphatic carbocycles. The Kier molecular flexibility index (Phi) is 4.35. The van der Waals surface area contributed by atoms with Crippen LogP contribution in [0.4, 0.5) is 0 Å². The average Bonchev–Trinajstić information content (AvgIpc) is 2.42. The third kappa shape index (κ3) is 3.14. The van der Waals surface area contributed by atoms with E-state index in [1.807, 2.05) is 25.1 Å². The molecule has 1 amide bonds. The van der Waals surface area contributed by atoms with Crippen LogP contribution in [0.1, 0.15) is 23.0 Å². The molecule has 1 aromatic carbocycles. The predicted octanol–water partition coefficient (Wildman–Crippen LogP) is 3.20. The summed E-state index contributed by atoms with van der Waals surface area (Å²) in [6.45, 7) is 3.97. The number of carbonyl (C=O) groups is 1. The predicted molar refractivity (Wildman–Crippen MR) is 81.3 cm³/mol. The minimum Gasteiger partial charge on any atom is -0.351 e. The van der Waals surface area contributed by atoms with Crippen molar-refractivity contribution in [3.05, 3.63) is 40.0 Å². The zero-order valence-electron chi connectivity index (χ0n) is 11.3. The topological polar surface area (TPSA) is 65.8 Å². The fourth-order valence-corrected chi connectivity index (χ4v) is 2.26. The summed E-state index contributed by atoms with van der Waals surface area (Å²) < 4.78 is 0.924. The van der Waals surface area contributed by atoms with Gasteiger partial charge in [-0.05, 0) is 32.0 Å². The fraction of sp³-hybridized carbons (Fsp3) is 0.267. The number of fused-ring (bicyclic) bond motifs is 1. The van der Waals surface area contributed by atoms with Crippen LogP contribution in [0.2, 0.25) is 0 Å². The lowest BCUT2D eigenvalue weighted by Gasteiger charge is -2.10. The second kappa shape index (κ2) is 6.02. The van der Waals surface area contributed by atoms with Gasteiger partial charge in [-0.15, -0.1) is 0 Å². The lowest BCUT2D eigenvalue weighted by molar-refractivity contribution is 0.0952. The molecule has 0 radical (unpaired) electrons. The van der Waals surface area contributed by atoms with Gasteiger partial charge in [-0.3, -0.25) is 9.78 Å². The van der Waals surface area contributed by atoms with Crippen LogP contribution in [-0.2, 0) is 0 Å². The van der Waals surface area contributed by atoms with Crippen molar-refractivity contribution in [2.75, 3.05) is 6.54 Å². The minimum absolute atomic E-state index is 0.176. The molecule has 2 aromatic rings. The maximum Gasteiger partial charge on any atom is 0.252 e. The van der Waals surface area contributed by atoms with Crippen molar-refractivity contribution in [3.63, 3.8) is 0 Å². The molecular formula is C15H14BrN3O. The van der Waals surface area contributed by atoms with Crippen molar-refractivity contribution in [2.24, 2.45) is 5.92 Å². The summed E-state index contributed by atoms with van der Waals surface area (Å²) in [6, 6.07) is 9.50. The van der Waals surface area contributed by atoms with Crippen molar-refractivity contribution < 1.29 is 4.79 Å². The summed E-state index contributed by atoms with van der Waals surface area (Å²) >= 11 is 3.40. The largest absolute Gasteiger partial charge is 0.351 e. The van der Waals surface area contributed by atoms with E-state index in [-0.39, 0.29) is 11.8 Å². The molecule has 20 heavy (non-hydrogen) atoms. The molecule has 1 aromatic heterocycles. The van der Waals surface area contributed by atoms with Crippen LogP contribution in [0.5, 0.6) is 0 Å². The molecule has 0 fully saturated rings. The van der Waals surface area contributed by atoms with Crippen LogP contribution in [0.15, 0.2) is 28.7 Å². The second-order valence-electron chi connectivity index (χ2n) is 4.71. The summed E-state index contributed by atoms with van der Waals surface area (Å²) in [4.78, 5) is 16.7. The van der Waals surface area contributed by atoms with E-state index < -0.39 is 0 Å². The van der Waals surface area contributed by atoms with E-state index in [4.69, 9.17) is 5.26 Å². The van der Waals surface area contributed by atoms with Gasteiger partial charge in [-0.25, -0.2) is 0 Å². The number of amides is 1. The van der Waals surface area contributed by atoms with E-state index in [0.717, 1.165) is 21.1 Å². The van der Waals surface area contributed by atoms with Crippen LogP contribution in [0, 0.1) is 24.2 Å². The number of aromatic nitrogens is 1. The Morgan fingerprint density at radius 1 is 1.50 bits per heavy atom. The number of benzene rings is 1. The Morgan fingerprint density at radius 3 is 2.95 bits per heavy atom. The molecule has 1 N–H and O–H groups in total. The van der Waals surface area contributed by atoms with Crippen molar-refractivity contribution >= 4 is 32.7 Å². The van der Waals surface area contributed by atoms with Crippen molar-refractivity contribution in [1.82, 2.24) is 10.3 Å². The first-order valence-electron chi connectivity index (χ1n) is 6.26. The van der Waals surface area contributed by atoms with E-state index in [9.17, 15) is 4.79 Å². The number of halogens is 1. The van der Waals surface area contributed by atoms with Crippen LogP contribution in [0.3, 0.4) is 0 Å². The van der Waals surface area contributed by atoms with Gasteiger partial charge in [0, 0.05) is 22.1 Å². The second-order valence-corrected chi connectivity index (χ2v) is 5.63. The number of hydrogen-bond acceptors (Lipinski definition) is 3. The summed E-state index contributed by atoms with van der Waals surface area (Å²) in [6.07, 6.45) is 0. The van der Waals surface area contributed by atoms with Gasteiger partial charge in [0.05, 0.1) is 23.1 Å². The molecule has 1 atom stereocenters. The molecule has 0 saturated heterocycles. The fourth-order valence-electron chi connectivity index (χ4n) is 1.91. The van der Waals surface area contributed by atoms with Crippen LogP contribution in [0.25, 0.3) is 10.9 Å². The zero-order valence-corrected chi connectivity index (χ0v) is 12.9. The van der Waals surface area contributed by atoms with Crippen molar-refractivity contribution in [3.8, 4) is 6.07 Å². The number of hydrogen-bond donors (Lipinski definition) is 1. The molecule has 0 aliphatic rings. The number of nitrogens with one attached hydrogen (secondary N) is 1. The number of pyridine rings is 1. The summed E-state index contributed by atoms with van der Waals surface area (Å²) in [7, 11) is 0. The van der Waals surface area contributed by atoms with Gasteiger partial charge < -0.3 is 5.32 Å². The molecule has 0 spiro atoms. The molecule has 0 bridgehead atoms. The Hall–Kier alpha value is -1.93. The van der Waals surface area contributed by atoms with E-state index in [2.05, 4.69) is 32.3 Å². The van der Waals surface area contributed by atoms with Gasteiger partial charge in [0.25, 0.3) is 5.91 Å². The Balaban J connectivity index is 2.38. The van der Waals surface area contributed by atoms with Gasteiger partial charge in [-0.1, -0.05) is 22.0 Å². The number of rotatable bonds is 3. The van der Waals surface area contributed by atoms with Gasteiger partial charge in [0.15, 0.2) is 0 Å². The number of nitriles is 1. The molecule has 0 saturated carbocycles. The first-order chi connectivity index (χ1) is 9.51. The Morgan fingerprint density at radius 2 is 2.25 bits per heavy atom. The van der Waals surface area contributed by atoms with Crippen LogP contribution >= 0.6 is 15.9 Å². The molecule has 4 nitrogen and oxygen atoms in total. The van der Waals surface area contributed by atoms with Gasteiger partial charge in [-0.2, -0.15) is 5.26 Å². The third-order valence-electron chi connectivity index (χ3n) is 2.93. The number of aryl methyl sites for hydroxylation is 1. The van der Waals surface area contributed by atoms with Gasteiger partial charge >= 0.3 is 0 Å². The maximum absolute atomic E-state index is 12.3. The first kappa shape index (κ1) is 14.5. The highest BCUT2D eigenvalue weighted by Crippen LogP contribution is 2.22. The minimum atomic E-state index is -0.206. The molecular weight excluding hydrogens is 318 g/mol. The third-order valence-corrected chi connectivity index (χ3v) is 3.43. The van der Waals surface area contributed by atoms with Gasteiger partial charge in [0.2, 0.25) is 0 Å². The monoisotopic (exact) mass is 331 g/mol. The van der Waals surface area contributed by atoms with E-state index in [1.54, 1.807) is 13.0 Å². The maximum atomic E-state index is 12.3. The number of nitrogens with zero attached hydrogens (tertiary/aromatic N) is 2. The normalized spacial score (nSPS) is 11.9. The molecule has 2 rings (SSSR count). The highest BCUT2D eigenvalue weighted by atomic mass is 79.9. The molecule has 102 valence electrons. The lowest BCUT2D eigenvalue weighted by Crippen LogP contribution is -2.28. The Labute approximate surface area is 125 Å². The van der Waals surface area contributed by atoms with Gasteiger partial charge in [0.1, 0.15) is 0 Å². The summed E-state index contributed by atoms with van der Waals surface area (Å²) in [5.41, 5.74) is 2.15. The highest BCUT2D eigenvalue weighted by molar-refractivity contribution is 9.10. The summed E-state index contributed by atoms with van der Waals surface area (Å²) in [5.74, 6) is -0.382. The SMILES string of the molecule is Cc1cc(C(=O)NCC(C)C#N)c2ccc(Br)cc2n1. The summed E-state index contributed by atoms with van der Waals surface area (Å²) in [5, 5.41) is 12.3. The van der Waals surface area contributed by atoms with E-state index in [0.29, 0.717) is 12.1 Å². The van der Waals surface area contributed by atoms with Crippen molar-refractivity contribution in [1.29, 1.82) is 5.26 Å². The van der Waals surface area contributed by atoms with E-state index in [1.165, 1.54) is 0 Å². The average molecular weight is 332 g/mol. The molecule has 5 heteroatoms. The van der Waals surface area contributed by atoms with Crippen LogP contribution in [-0.4, -0.2) is 17.4 Å². The smallest absolute Gasteiger partial charge is 0.252 e. The van der Waals surface area contributed by atoms with E-state index >= 15 is 0 Å². The standard InChI is InChI=1S/C15H14BrN3O/c1-9(7-17)8-18-15(20)13-5-10(2)19-14-6-11(16)3-4-12(13)14/h3-6,9H,8H2,1-2H3,(H,18,20). The zero-order chi connectivity index (χ0) is 14.7. The number of carbonyl (C=O) groups excluding carboxylic acids is 1. The van der Waals surface area contributed by atoms with Crippen LogP contribution < -0.4 is 5.32 Å². The van der Waals surface area contributed by atoms with Crippen molar-refractivity contribution in [2.45, 2.75) is 13.8 Å². The lowest BCUT2D eigenvalue weighted by atomic mass is 10.1. The molecule has 1 unspecified atom stereocenters. The first-order valence-corrected chi connectivity index (χ1v) is 7.05. The molecule has 1 heterocycles. The highest BCUT2D eigenvalue weighted by Gasteiger charge is 2.13. The molecule has 0 aliphatic heterocycles.